The molecule has 0 aliphatic heterocycles. The lowest BCUT2D eigenvalue weighted by atomic mass is 9.94. The summed E-state index contributed by atoms with van der Waals surface area (Å²) in [6.07, 6.45) is -15.8. The Morgan fingerprint density at radius 1 is 1.06 bits per heavy atom. The van der Waals surface area contributed by atoms with Gasteiger partial charge in [0.05, 0.1) is 6.42 Å². The molecule has 0 aromatic carbocycles. The molecule has 1 unspecified atom stereocenters. The van der Waals surface area contributed by atoms with Crippen molar-refractivity contribution in [3.05, 3.63) is 0 Å². The average molecular weight is 271 g/mol. The van der Waals surface area contributed by atoms with E-state index < -0.39 is 42.9 Å². The summed E-state index contributed by atoms with van der Waals surface area (Å²) in [5.41, 5.74) is -0.772. The molecule has 102 valence electrons. The van der Waals surface area contributed by atoms with Crippen molar-refractivity contribution in [2.45, 2.75) is 36.9 Å². The van der Waals surface area contributed by atoms with Crippen LogP contribution in [-0.2, 0) is 4.79 Å². The van der Waals surface area contributed by atoms with E-state index in [9.17, 15) is 35.5 Å². The minimum absolute atomic E-state index is 1.20. The molecule has 0 saturated carbocycles. The van der Waals surface area contributed by atoms with E-state index in [1.54, 1.807) is 0 Å². The number of halogens is 7. The maximum absolute atomic E-state index is 13.0. The average Bonchev–Trinajstić information content (AvgIpc) is 1.97. The van der Waals surface area contributed by atoms with Crippen LogP contribution >= 0.6 is 0 Å². The summed E-state index contributed by atoms with van der Waals surface area (Å²) in [5, 5.41) is 8.12. The molecule has 0 aliphatic carbocycles. The summed E-state index contributed by atoms with van der Waals surface area (Å²) in [6.45, 7) is 0. The summed E-state index contributed by atoms with van der Waals surface area (Å²) in [4.78, 5) is 10.0. The van der Waals surface area contributed by atoms with E-state index in [1.807, 2.05) is 0 Å². The van der Waals surface area contributed by atoms with Crippen LogP contribution in [-0.4, -0.2) is 35.1 Å². The van der Waals surface area contributed by atoms with Gasteiger partial charge in [-0.2, -0.15) is 26.3 Å². The highest BCUT2D eigenvalue weighted by Gasteiger charge is 2.72. The van der Waals surface area contributed by atoms with E-state index in [0.29, 0.717) is 0 Å². The number of carboxylic acids is 1. The fourth-order valence-corrected chi connectivity index (χ4v) is 1.05. The molecular weight excluding hydrogens is 263 g/mol. The number of hydrogen-bond acceptors (Lipinski definition) is 2. The molecule has 0 amide bonds. The van der Waals surface area contributed by atoms with Crippen molar-refractivity contribution in [3.8, 4) is 0 Å². The number of nitrogens with two attached hydrogens (primary N) is 1. The van der Waals surface area contributed by atoms with Crippen LogP contribution in [0.25, 0.3) is 0 Å². The second kappa shape index (κ2) is 4.67. The normalized spacial score (nSPS) is 15.8. The SMILES string of the molecule is NC(CC(=O)O)CC(F)(C(F)(F)F)C(F)(F)F. The highest BCUT2D eigenvalue weighted by Crippen LogP contribution is 2.48. The van der Waals surface area contributed by atoms with Gasteiger partial charge in [-0.15, -0.1) is 0 Å². The molecule has 17 heavy (non-hydrogen) atoms. The largest absolute Gasteiger partial charge is 0.481 e. The summed E-state index contributed by atoms with van der Waals surface area (Å²) in [7, 11) is 0. The molecule has 0 rings (SSSR count). The molecule has 1 atom stereocenters. The second-order valence-corrected chi connectivity index (χ2v) is 3.36. The van der Waals surface area contributed by atoms with E-state index in [4.69, 9.17) is 10.8 Å². The third kappa shape index (κ3) is 3.72. The highest BCUT2D eigenvalue weighted by atomic mass is 19.4. The lowest BCUT2D eigenvalue weighted by Crippen LogP contribution is -2.56. The zero-order valence-corrected chi connectivity index (χ0v) is 8.07. The van der Waals surface area contributed by atoms with Gasteiger partial charge in [0.1, 0.15) is 0 Å². The third-order valence-electron chi connectivity index (χ3n) is 1.88. The molecule has 0 fully saturated rings. The molecule has 0 saturated heterocycles. The van der Waals surface area contributed by atoms with Gasteiger partial charge >= 0.3 is 24.0 Å². The first-order valence-electron chi connectivity index (χ1n) is 4.11. The first-order valence-corrected chi connectivity index (χ1v) is 4.11. The van der Waals surface area contributed by atoms with Gasteiger partial charge in [0.15, 0.2) is 0 Å². The Labute approximate surface area is 90.4 Å². The lowest BCUT2D eigenvalue weighted by molar-refractivity contribution is -0.344. The smallest absolute Gasteiger partial charge is 0.431 e. The van der Waals surface area contributed by atoms with Crippen molar-refractivity contribution in [2.24, 2.45) is 5.73 Å². The van der Waals surface area contributed by atoms with Crippen molar-refractivity contribution in [1.29, 1.82) is 0 Å². The Balaban J connectivity index is 5.05. The number of carbonyl (C=O) groups is 1. The van der Waals surface area contributed by atoms with Gasteiger partial charge in [0.25, 0.3) is 0 Å². The monoisotopic (exact) mass is 271 g/mol. The van der Waals surface area contributed by atoms with Crippen molar-refractivity contribution in [3.63, 3.8) is 0 Å². The zero-order chi connectivity index (χ0) is 14.1. The van der Waals surface area contributed by atoms with E-state index in [0.717, 1.165) is 0 Å². The van der Waals surface area contributed by atoms with Crippen molar-refractivity contribution in [2.75, 3.05) is 0 Å². The number of carboxylic acid groups (broad SMARTS) is 1. The number of alkyl halides is 7. The van der Waals surface area contributed by atoms with Crippen molar-refractivity contribution >= 4 is 5.97 Å². The van der Waals surface area contributed by atoms with Crippen LogP contribution in [0.3, 0.4) is 0 Å². The van der Waals surface area contributed by atoms with Crippen LogP contribution in [0.15, 0.2) is 0 Å². The molecule has 10 heteroatoms. The highest BCUT2D eigenvalue weighted by molar-refractivity contribution is 5.67. The standard InChI is InChI=1S/C7H8F7NO2/c8-5(6(9,10)11,7(12,13)14)2-3(15)1-4(16)17/h3H,1-2,15H2,(H,16,17). The molecule has 0 aromatic rings. The Kier molecular flexibility index (Phi) is 4.38. The van der Waals surface area contributed by atoms with Gasteiger partial charge in [-0.05, 0) is 0 Å². The first kappa shape index (κ1) is 15.9. The van der Waals surface area contributed by atoms with Crippen LogP contribution in [0, 0.1) is 0 Å². The predicted molar refractivity (Wildman–Crippen MR) is 40.8 cm³/mol. The predicted octanol–water partition coefficient (Wildman–Crippen LogP) is 2.01. The fraction of sp³-hybridized carbons (Fsp3) is 0.857. The van der Waals surface area contributed by atoms with E-state index in [1.165, 1.54) is 0 Å². The number of rotatable bonds is 4. The topological polar surface area (TPSA) is 63.3 Å². The first-order chi connectivity index (χ1) is 7.31. The molecule has 0 spiro atoms. The summed E-state index contributed by atoms with van der Waals surface area (Å²) in [6, 6.07) is -2.10. The molecule has 0 bridgehead atoms. The lowest BCUT2D eigenvalue weighted by Gasteiger charge is -2.31. The minimum atomic E-state index is -6.21. The number of aliphatic carboxylic acids is 1. The Morgan fingerprint density at radius 3 is 1.65 bits per heavy atom. The van der Waals surface area contributed by atoms with Crippen LogP contribution < -0.4 is 5.73 Å². The third-order valence-corrected chi connectivity index (χ3v) is 1.88. The molecule has 0 heterocycles. The number of hydrogen-bond donors (Lipinski definition) is 2. The second-order valence-electron chi connectivity index (χ2n) is 3.36. The quantitative estimate of drug-likeness (QED) is 0.769. The van der Waals surface area contributed by atoms with Crippen LogP contribution in [0.1, 0.15) is 12.8 Å². The maximum atomic E-state index is 13.0. The molecule has 0 aliphatic rings. The van der Waals surface area contributed by atoms with Gasteiger partial charge in [-0.3, -0.25) is 4.79 Å². The van der Waals surface area contributed by atoms with Gasteiger partial charge in [-0.25, -0.2) is 4.39 Å². The summed E-state index contributed by atoms with van der Waals surface area (Å²) >= 11 is 0. The fourth-order valence-electron chi connectivity index (χ4n) is 1.05. The Bertz CT molecular complexity index is 271. The van der Waals surface area contributed by atoms with E-state index in [-0.39, 0.29) is 0 Å². The maximum Gasteiger partial charge on any atom is 0.431 e. The molecule has 3 N–H and O–H groups in total. The van der Waals surface area contributed by atoms with Gasteiger partial charge in [-0.1, -0.05) is 0 Å². The van der Waals surface area contributed by atoms with Crippen molar-refractivity contribution < 1.29 is 40.6 Å². The molecule has 3 nitrogen and oxygen atoms in total. The van der Waals surface area contributed by atoms with Crippen molar-refractivity contribution in [1.82, 2.24) is 0 Å². The molecule has 0 radical (unpaired) electrons. The zero-order valence-electron chi connectivity index (χ0n) is 8.07. The summed E-state index contributed by atoms with van der Waals surface area (Å²) in [5.74, 6) is -1.72. The van der Waals surface area contributed by atoms with E-state index >= 15 is 0 Å². The summed E-state index contributed by atoms with van der Waals surface area (Å²) < 4.78 is 85.0. The molecular formula is C7H8F7NO2. The van der Waals surface area contributed by atoms with E-state index in [2.05, 4.69) is 0 Å². The van der Waals surface area contributed by atoms with Crippen LogP contribution in [0.5, 0.6) is 0 Å². The van der Waals surface area contributed by atoms with Gasteiger partial charge < -0.3 is 10.8 Å². The van der Waals surface area contributed by atoms with Gasteiger partial charge in [0.2, 0.25) is 0 Å². The molecule has 0 aromatic heterocycles. The van der Waals surface area contributed by atoms with Crippen LogP contribution in [0.4, 0.5) is 30.7 Å². The van der Waals surface area contributed by atoms with Crippen LogP contribution in [0.2, 0.25) is 0 Å². The Morgan fingerprint density at radius 2 is 1.41 bits per heavy atom. The van der Waals surface area contributed by atoms with Gasteiger partial charge in [0, 0.05) is 12.5 Å². The Hall–Kier alpha value is -1.06. The minimum Gasteiger partial charge on any atom is -0.481 e.